The minimum atomic E-state index is -1.06. The summed E-state index contributed by atoms with van der Waals surface area (Å²) < 4.78 is 34.3. The van der Waals surface area contributed by atoms with Crippen LogP contribution in [0.4, 0.5) is 20.2 Å². The molecule has 0 bridgehead atoms. The SMILES string of the molecule is Nc1c(F)c(CCN2CCOCC2)cc(C(=O)Nc2ccc3[nH]ncc3c2)c1F. The maximum absolute atomic E-state index is 14.5. The maximum atomic E-state index is 14.5. The number of H-pyrrole nitrogens is 1. The van der Waals surface area contributed by atoms with Crippen molar-refractivity contribution in [3.63, 3.8) is 0 Å². The van der Waals surface area contributed by atoms with Crippen molar-refractivity contribution in [1.29, 1.82) is 0 Å². The molecule has 0 saturated carbocycles. The zero-order valence-electron chi connectivity index (χ0n) is 15.7. The number of aromatic amines is 1. The van der Waals surface area contributed by atoms with E-state index in [0.717, 1.165) is 24.0 Å². The zero-order chi connectivity index (χ0) is 20.4. The fourth-order valence-electron chi connectivity index (χ4n) is 3.38. The van der Waals surface area contributed by atoms with Crippen molar-refractivity contribution in [2.45, 2.75) is 6.42 Å². The number of benzene rings is 2. The molecule has 1 aliphatic heterocycles. The summed E-state index contributed by atoms with van der Waals surface area (Å²) in [5.41, 5.74) is 6.18. The summed E-state index contributed by atoms with van der Waals surface area (Å²) in [7, 11) is 0. The van der Waals surface area contributed by atoms with E-state index in [-0.39, 0.29) is 11.1 Å². The topological polar surface area (TPSA) is 96.3 Å². The minimum absolute atomic E-state index is 0.214. The van der Waals surface area contributed by atoms with Crippen molar-refractivity contribution in [2.24, 2.45) is 0 Å². The Hall–Kier alpha value is -3.04. The average molecular weight is 401 g/mol. The molecule has 1 amide bonds. The van der Waals surface area contributed by atoms with Crippen LogP contribution in [0.25, 0.3) is 10.9 Å². The second-order valence-corrected chi connectivity index (χ2v) is 6.96. The number of carbonyl (C=O) groups is 1. The molecule has 0 spiro atoms. The second kappa shape index (κ2) is 8.14. The third-order valence-corrected chi connectivity index (χ3v) is 5.05. The van der Waals surface area contributed by atoms with Gasteiger partial charge in [-0.05, 0) is 36.2 Å². The Kier molecular flexibility index (Phi) is 5.41. The molecule has 4 N–H and O–H groups in total. The van der Waals surface area contributed by atoms with E-state index in [0.29, 0.717) is 31.9 Å². The van der Waals surface area contributed by atoms with Gasteiger partial charge in [-0.2, -0.15) is 5.10 Å². The Bertz CT molecular complexity index is 1050. The van der Waals surface area contributed by atoms with Crippen molar-refractivity contribution >= 4 is 28.2 Å². The number of hydrogen-bond acceptors (Lipinski definition) is 5. The number of nitrogens with one attached hydrogen (secondary N) is 2. The molecule has 1 fully saturated rings. The first-order chi connectivity index (χ1) is 14.0. The molecule has 1 saturated heterocycles. The number of halogens is 2. The van der Waals surface area contributed by atoms with Crippen LogP contribution in [0.1, 0.15) is 15.9 Å². The number of fused-ring (bicyclic) bond motifs is 1. The Morgan fingerprint density at radius 3 is 2.83 bits per heavy atom. The summed E-state index contributed by atoms with van der Waals surface area (Å²) in [6.45, 7) is 3.33. The zero-order valence-corrected chi connectivity index (χ0v) is 15.7. The molecule has 0 unspecified atom stereocenters. The molecule has 2 heterocycles. The number of morpholine rings is 1. The predicted octanol–water partition coefficient (Wildman–Crippen LogP) is 2.55. The molecule has 0 aliphatic carbocycles. The first kappa shape index (κ1) is 19.3. The Morgan fingerprint density at radius 1 is 1.24 bits per heavy atom. The van der Waals surface area contributed by atoms with E-state index >= 15 is 0 Å². The van der Waals surface area contributed by atoms with Crippen LogP contribution < -0.4 is 11.1 Å². The van der Waals surface area contributed by atoms with Crippen LogP contribution >= 0.6 is 0 Å². The van der Waals surface area contributed by atoms with Gasteiger partial charge in [0, 0.05) is 30.7 Å². The lowest BCUT2D eigenvalue weighted by atomic mass is 10.0. The van der Waals surface area contributed by atoms with Gasteiger partial charge in [0.25, 0.3) is 5.91 Å². The molecule has 1 aromatic heterocycles. The Balaban J connectivity index is 1.54. The molecule has 9 heteroatoms. The molecule has 29 heavy (non-hydrogen) atoms. The van der Waals surface area contributed by atoms with Gasteiger partial charge in [0.1, 0.15) is 5.69 Å². The van der Waals surface area contributed by atoms with Gasteiger partial charge in [-0.25, -0.2) is 8.78 Å². The number of aromatic nitrogens is 2. The van der Waals surface area contributed by atoms with Crippen molar-refractivity contribution < 1.29 is 18.3 Å². The van der Waals surface area contributed by atoms with E-state index in [4.69, 9.17) is 10.5 Å². The van der Waals surface area contributed by atoms with Gasteiger partial charge in [0.05, 0.1) is 30.5 Å². The normalized spacial score (nSPS) is 15.0. The molecular weight excluding hydrogens is 380 g/mol. The highest BCUT2D eigenvalue weighted by Gasteiger charge is 2.22. The molecule has 7 nitrogen and oxygen atoms in total. The van der Waals surface area contributed by atoms with E-state index in [1.165, 1.54) is 6.07 Å². The summed E-state index contributed by atoms with van der Waals surface area (Å²) in [5, 5.41) is 10.2. The van der Waals surface area contributed by atoms with Gasteiger partial charge in [-0.3, -0.25) is 14.8 Å². The van der Waals surface area contributed by atoms with Crippen LogP contribution in [0.15, 0.2) is 30.5 Å². The van der Waals surface area contributed by atoms with Crippen molar-refractivity contribution in [2.75, 3.05) is 43.9 Å². The predicted molar refractivity (Wildman–Crippen MR) is 106 cm³/mol. The van der Waals surface area contributed by atoms with Crippen molar-refractivity contribution in [1.82, 2.24) is 15.1 Å². The average Bonchev–Trinajstić information content (AvgIpc) is 3.20. The number of nitrogen functional groups attached to an aromatic ring is 1. The summed E-state index contributed by atoms with van der Waals surface area (Å²) in [6, 6.07) is 6.37. The molecule has 3 aromatic rings. The first-order valence-electron chi connectivity index (χ1n) is 9.34. The first-order valence-corrected chi connectivity index (χ1v) is 9.34. The van der Waals surface area contributed by atoms with Gasteiger partial charge < -0.3 is 15.8 Å². The summed E-state index contributed by atoms with van der Waals surface area (Å²) >= 11 is 0. The summed E-state index contributed by atoms with van der Waals surface area (Å²) in [4.78, 5) is 14.8. The number of nitrogens with zero attached hydrogens (tertiary/aromatic N) is 2. The third-order valence-electron chi connectivity index (χ3n) is 5.05. The molecule has 0 atom stereocenters. The Morgan fingerprint density at radius 2 is 2.03 bits per heavy atom. The fourth-order valence-corrected chi connectivity index (χ4v) is 3.38. The minimum Gasteiger partial charge on any atom is -0.394 e. The number of ether oxygens (including phenoxy) is 1. The molecule has 4 rings (SSSR count). The van der Waals surface area contributed by atoms with Crippen LogP contribution in [0.3, 0.4) is 0 Å². The highest BCUT2D eigenvalue weighted by molar-refractivity contribution is 6.06. The Labute approximate surface area is 165 Å². The number of carbonyl (C=O) groups excluding carboxylic acids is 1. The third kappa shape index (κ3) is 4.06. The molecule has 1 aliphatic rings. The van der Waals surface area contributed by atoms with Crippen molar-refractivity contribution in [3.8, 4) is 0 Å². The van der Waals surface area contributed by atoms with E-state index in [1.807, 2.05) is 0 Å². The number of rotatable bonds is 5. The number of hydrogen-bond donors (Lipinski definition) is 3. The van der Waals surface area contributed by atoms with Gasteiger partial charge in [-0.1, -0.05) is 0 Å². The van der Waals surface area contributed by atoms with Crippen LogP contribution in [0.5, 0.6) is 0 Å². The lowest BCUT2D eigenvalue weighted by Gasteiger charge is -2.26. The van der Waals surface area contributed by atoms with E-state index in [2.05, 4.69) is 20.4 Å². The van der Waals surface area contributed by atoms with E-state index in [9.17, 15) is 13.6 Å². The molecular formula is C20H21F2N5O2. The van der Waals surface area contributed by atoms with Crippen molar-refractivity contribution in [3.05, 3.63) is 53.2 Å². The number of amides is 1. The fraction of sp³-hybridized carbons (Fsp3) is 0.300. The number of nitrogens with two attached hydrogens (primary N) is 1. The second-order valence-electron chi connectivity index (χ2n) is 6.96. The molecule has 0 radical (unpaired) electrons. The largest absolute Gasteiger partial charge is 0.394 e. The lowest BCUT2D eigenvalue weighted by molar-refractivity contribution is 0.0383. The van der Waals surface area contributed by atoms with Gasteiger partial charge >= 0.3 is 0 Å². The molecule has 2 aromatic carbocycles. The molecule has 152 valence electrons. The van der Waals surface area contributed by atoms with E-state index in [1.54, 1.807) is 24.4 Å². The van der Waals surface area contributed by atoms with Gasteiger partial charge in [0.2, 0.25) is 0 Å². The summed E-state index contributed by atoms with van der Waals surface area (Å²) in [5.74, 6) is -2.56. The summed E-state index contributed by atoms with van der Waals surface area (Å²) in [6.07, 6.45) is 1.93. The lowest BCUT2D eigenvalue weighted by Crippen LogP contribution is -2.37. The quantitative estimate of drug-likeness (QED) is 0.571. The van der Waals surface area contributed by atoms with Crippen LogP contribution in [0, 0.1) is 11.6 Å². The smallest absolute Gasteiger partial charge is 0.258 e. The standard InChI is InChI=1S/C20H21F2N5O2/c21-17-12(3-4-27-5-7-29-8-6-27)10-15(18(22)19(17)23)20(28)25-14-1-2-16-13(9-14)11-24-26-16/h1-2,9-11H,3-8,23H2,(H,24,26)(H,25,28). The van der Waals surface area contributed by atoms with Gasteiger partial charge in [-0.15, -0.1) is 0 Å². The van der Waals surface area contributed by atoms with E-state index < -0.39 is 23.2 Å². The van der Waals surface area contributed by atoms with Crippen LogP contribution in [-0.4, -0.2) is 53.9 Å². The van der Waals surface area contributed by atoms with Crippen LogP contribution in [-0.2, 0) is 11.2 Å². The van der Waals surface area contributed by atoms with Crippen LogP contribution in [0.2, 0.25) is 0 Å². The van der Waals surface area contributed by atoms with Gasteiger partial charge in [0.15, 0.2) is 11.6 Å². The highest BCUT2D eigenvalue weighted by Crippen LogP contribution is 2.25. The number of anilines is 2. The highest BCUT2D eigenvalue weighted by atomic mass is 19.1. The monoisotopic (exact) mass is 401 g/mol. The maximum Gasteiger partial charge on any atom is 0.258 e.